The number of carbonyl (C=O) groups excluding carboxylic acids is 3. The van der Waals surface area contributed by atoms with Gasteiger partial charge in [0, 0.05) is 42.3 Å². The van der Waals surface area contributed by atoms with E-state index in [1.807, 2.05) is 6.07 Å². The number of nitrogens with zero attached hydrogens (tertiary/aromatic N) is 4. The number of nitrogens with one attached hydrogen (secondary N) is 1. The highest BCUT2D eigenvalue weighted by molar-refractivity contribution is 8.00. The molecular formula is C36H38F3N5O11S2. The third kappa shape index (κ3) is 14.0. The van der Waals surface area contributed by atoms with Gasteiger partial charge in [-0.25, -0.2) is 27.6 Å². The molecule has 2 aromatic carbocycles. The molecule has 4 rings (SSSR count). The predicted molar refractivity (Wildman–Crippen MR) is 196 cm³/mol. The van der Waals surface area contributed by atoms with Gasteiger partial charge in [0.2, 0.25) is 12.2 Å². The molecule has 1 saturated heterocycles. The molecular weight excluding hydrogens is 800 g/mol. The van der Waals surface area contributed by atoms with E-state index < -0.39 is 92.9 Å². The second-order valence-corrected chi connectivity index (χ2v) is 15.5. The molecule has 1 amide bonds. The molecule has 0 spiro atoms. The highest BCUT2D eigenvalue weighted by Crippen LogP contribution is 2.42. The molecule has 2 heterocycles. The molecule has 16 nitrogen and oxygen atoms in total. The van der Waals surface area contributed by atoms with Gasteiger partial charge < -0.3 is 29.0 Å². The molecule has 0 bridgehead atoms. The Morgan fingerprint density at radius 3 is 2.51 bits per heavy atom. The number of aromatic nitrogens is 3. The zero-order valence-electron chi connectivity index (χ0n) is 30.5. The van der Waals surface area contributed by atoms with Gasteiger partial charge in [0.25, 0.3) is 10.1 Å². The van der Waals surface area contributed by atoms with Crippen LogP contribution in [-0.2, 0) is 55.5 Å². The van der Waals surface area contributed by atoms with Crippen molar-refractivity contribution in [3.63, 3.8) is 0 Å². The van der Waals surface area contributed by atoms with Crippen molar-refractivity contribution >= 4 is 46.0 Å². The first-order valence-electron chi connectivity index (χ1n) is 17.1. The van der Waals surface area contributed by atoms with Crippen LogP contribution in [0.5, 0.6) is 0 Å². The number of ether oxygens (including phenoxy) is 5. The zero-order chi connectivity index (χ0) is 41.6. The van der Waals surface area contributed by atoms with Crippen LogP contribution in [0.3, 0.4) is 0 Å². The number of benzene rings is 2. The number of allylic oxidation sites excluding steroid dienone is 2. The van der Waals surface area contributed by atoms with Gasteiger partial charge in [-0.3, -0.25) is 14.1 Å². The van der Waals surface area contributed by atoms with Crippen molar-refractivity contribution < 1.29 is 64.2 Å². The Morgan fingerprint density at radius 2 is 1.86 bits per heavy atom. The summed E-state index contributed by atoms with van der Waals surface area (Å²) >= 11 is 1.20. The standard InChI is InChI=1S/C36H38F3N5O11S2/c1-23(56-28-18-51-34(52-19-28)6-4-3-5-26-8-7-25(17-40)15-30(26)38)36(20-44-22-41-21-43-44,29-10-9-27(37)16-31(29)39)55-35(47)54-24(2)53-33(46)12-11-32(45)42-13-14-57(48,49)50/h3-10,15-16,21-24,28,34H,11-14,18-20H2,1-2H3,(H,42,45)(H,48,49,50). The summed E-state index contributed by atoms with van der Waals surface area (Å²) in [6.45, 7) is 2.33. The smallest absolute Gasteiger partial charge is 0.425 e. The fraction of sp³-hybridized carbons (Fsp3) is 0.389. The summed E-state index contributed by atoms with van der Waals surface area (Å²) in [6, 6.07) is 8.68. The van der Waals surface area contributed by atoms with E-state index in [1.54, 1.807) is 25.2 Å². The quantitative estimate of drug-likeness (QED) is 0.0784. The van der Waals surface area contributed by atoms with E-state index in [2.05, 4.69) is 15.4 Å². The Balaban J connectivity index is 1.43. The van der Waals surface area contributed by atoms with Gasteiger partial charge in [0.1, 0.15) is 30.1 Å². The van der Waals surface area contributed by atoms with Gasteiger partial charge >= 0.3 is 12.1 Å². The largest absolute Gasteiger partial charge is 0.512 e. The van der Waals surface area contributed by atoms with Crippen LogP contribution in [0.4, 0.5) is 18.0 Å². The normalized spacial score (nSPS) is 18.0. The van der Waals surface area contributed by atoms with E-state index in [9.17, 15) is 31.6 Å². The lowest BCUT2D eigenvalue weighted by molar-refractivity contribution is -0.172. The van der Waals surface area contributed by atoms with E-state index in [0.29, 0.717) is 6.07 Å². The summed E-state index contributed by atoms with van der Waals surface area (Å²) in [7, 11) is -4.30. The fourth-order valence-corrected chi connectivity index (χ4v) is 7.05. The Kier molecular flexibility index (Phi) is 16.2. The average Bonchev–Trinajstić information content (AvgIpc) is 3.65. The van der Waals surface area contributed by atoms with Crippen LogP contribution in [-0.4, -0.2) is 94.4 Å². The van der Waals surface area contributed by atoms with E-state index in [0.717, 1.165) is 18.2 Å². The Bertz CT molecular complexity index is 2080. The van der Waals surface area contributed by atoms with Crippen LogP contribution in [0, 0.1) is 28.8 Å². The van der Waals surface area contributed by atoms with Crippen LogP contribution in [0.1, 0.15) is 43.4 Å². The van der Waals surface area contributed by atoms with Crippen LogP contribution in [0.25, 0.3) is 6.08 Å². The SMILES string of the molecule is CC(OC(=O)CCC(=O)NCCS(=O)(=O)O)OC(=O)OC(Cn1cncn1)(c1ccc(F)cc1F)C(C)SC1COC(C=CC=Cc2ccc(C#N)cc2F)OC1. The fourth-order valence-electron chi connectivity index (χ4n) is 5.33. The monoisotopic (exact) mass is 837 g/mol. The van der Waals surface area contributed by atoms with Crippen molar-refractivity contribution in [2.45, 2.75) is 61.9 Å². The number of carbonyl (C=O) groups is 3. The highest BCUT2D eigenvalue weighted by atomic mass is 32.2. The van der Waals surface area contributed by atoms with E-state index >= 15 is 4.39 Å². The van der Waals surface area contributed by atoms with Crippen molar-refractivity contribution in [3.05, 3.63) is 101 Å². The summed E-state index contributed by atoms with van der Waals surface area (Å²) in [4.78, 5) is 41.6. The molecule has 57 heavy (non-hydrogen) atoms. The molecule has 306 valence electrons. The lowest BCUT2D eigenvalue weighted by atomic mass is 9.89. The van der Waals surface area contributed by atoms with Crippen molar-refractivity contribution in [2.24, 2.45) is 0 Å². The first-order chi connectivity index (χ1) is 27.1. The minimum Gasteiger partial charge on any atom is -0.425 e. The molecule has 2 N–H and O–H groups in total. The number of hydrogen-bond donors (Lipinski definition) is 2. The molecule has 1 aliphatic rings. The summed E-state index contributed by atoms with van der Waals surface area (Å²) < 4.78 is 103. The van der Waals surface area contributed by atoms with E-state index in [-0.39, 0.29) is 43.0 Å². The maximum atomic E-state index is 15.7. The van der Waals surface area contributed by atoms with Crippen molar-refractivity contribution in [2.75, 3.05) is 25.5 Å². The summed E-state index contributed by atoms with van der Waals surface area (Å²) in [5.41, 5.74) is -1.74. The average molecular weight is 838 g/mol. The molecule has 3 unspecified atom stereocenters. The highest BCUT2D eigenvalue weighted by Gasteiger charge is 2.47. The molecule has 21 heteroatoms. The zero-order valence-corrected chi connectivity index (χ0v) is 32.1. The number of esters is 1. The van der Waals surface area contributed by atoms with Gasteiger partial charge in [0.05, 0.1) is 48.8 Å². The molecule has 0 aliphatic carbocycles. The van der Waals surface area contributed by atoms with Crippen LogP contribution in [0.15, 0.2) is 67.3 Å². The summed E-state index contributed by atoms with van der Waals surface area (Å²) in [6.07, 6.45) is 4.14. The van der Waals surface area contributed by atoms with Crippen molar-refractivity contribution in [1.82, 2.24) is 20.1 Å². The Morgan fingerprint density at radius 1 is 1.11 bits per heavy atom. The Labute approximate surface area is 329 Å². The minimum absolute atomic E-state index is 0.124. The number of nitriles is 1. The molecule has 1 aliphatic heterocycles. The van der Waals surface area contributed by atoms with Gasteiger partial charge in [-0.05, 0) is 37.3 Å². The number of rotatable bonds is 18. The predicted octanol–water partition coefficient (Wildman–Crippen LogP) is 4.42. The third-order valence-electron chi connectivity index (χ3n) is 8.04. The van der Waals surface area contributed by atoms with Gasteiger partial charge in [0.15, 0.2) is 11.9 Å². The number of hydrogen-bond acceptors (Lipinski definition) is 14. The molecule has 0 radical (unpaired) electrons. The second-order valence-electron chi connectivity index (χ2n) is 12.3. The van der Waals surface area contributed by atoms with Gasteiger partial charge in [-0.15, -0.1) is 11.8 Å². The molecule has 3 atom stereocenters. The summed E-state index contributed by atoms with van der Waals surface area (Å²) in [5.74, 6) is -4.90. The maximum Gasteiger partial charge on any atom is 0.512 e. The first kappa shape index (κ1) is 44.4. The van der Waals surface area contributed by atoms with Crippen molar-refractivity contribution in [1.29, 1.82) is 5.26 Å². The molecule has 0 saturated carbocycles. The van der Waals surface area contributed by atoms with Crippen LogP contribution in [0.2, 0.25) is 0 Å². The maximum absolute atomic E-state index is 15.7. The third-order valence-corrected chi connectivity index (χ3v) is 10.2. The van der Waals surface area contributed by atoms with E-state index in [4.69, 9.17) is 33.5 Å². The lowest BCUT2D eigenvalue weighted by Crippen LogP contribution is -2.47. The molecule has 1 aromatic heterocycles. The van der Waals surface area contributed by atoms with Crippen LogP contribution < -0.4 is 5.32 Å². The topological polar surface area (TPSA) is 218 Å². The van der Waals surface area contributed by atoms with Gasteiger partial charge in [-0.2, -0.15) is 18.8 Å². The van der Waals surface area contributed by atoms with Crippen LogP contribution >= 0.6 is 11.8 Å². The summed E-state index contributed by atoms with van der Waals surface area (Å²) in [5, 5.41) is 13.9. The van der Waals surface area contributed by atoms with E-state index in [1.165, 1.54) is 54.2 Å². The number of thioether (sulfide) groups is 1. The molecule has 1 fully saturated rings. The number of amides is 1. The minimum atomic E-state index is -4.30. The Hall–Kier alpha value is -5.27. The second kappa shape index (κ2) is 20.8. The van der Waals surface area contributed by atoms with Gasteiger partial charge in [-0.1, -0.05) is 24.3 Å². The molecule has 3 aromatic rings. The van der Waals surface area contributed by atoms with Crippen molar-refractivity contribution in [3.8, 4) is 6.07 Å². The lowest BCUT2D eigenvalue weighted by Gasteiger charge is -2.40. The number of halogens is 3. The first-order valence-corrected chi connectivity index (χ1v) is 19.6.